The van der Waals surface area contributed by atoms with E-state index in [1.54, 1.807) is 17.8 Å². The number of nitrogens with zero attached hydrogens (tertiary/aromatic N) is 2. The van der Waals surface area contributed by atoms with Crippen molar-refractivity contribution >= 4 is 0 Å². The Morgan fingerprint density at radius 1 is 1.41 bits per heavy atom. The minimum absolute atomic E-state index is 0.269. The maximum Gasteiger partial charge on any atom is 0.148 e. The number of ether oxygens (including phenoxy) is 1. The maximum atomic E-state index is 10.5. The van der Waals surface area contributed by atoms with E-state index in [2.05, 4.69) is 16.3 Å². The topological polar surface area (TPSA) is 59.3 Å². The molecule has 2 rings (SSSR count). The molecule has 0 amide bonds. The van der Waals surface area contributed by atoms with Crippen LogP contribution in [0.2, 0.25) is 0 Å². The summed E-state index contributed by atoms with van der Waals surface area (Å²) in [6.45, 7) is 3.14. The highest BCUT2D eigenvalue weighted by Gasteiger charge is 2.23. The van der Waals surface area contributed by atoms with Crippen LogP contribution in [-0.2, 0) is 19.2 Å². The fourth-order valence-corrected chi connectivity index (χ4v) is 2.08. The van der Waals surface area contributed by atoms with E-state index < -0.39 is 5.60 Å². The first-order chi connectivity index (χ1) is 10.5. The van der Waals surface area contributed by atoms with Gasteiger partial charge in [0, 0.05) is 31.9 Å². The maximum absolute atomic E-state index is 10.5. The van der Waals surface area contributed by atoms with Gasteiger partial charge in [-0.15, -0.1) is 6.42 Å². The Balaban J connectivity index is 1.84. The average molecular weight is 299 g/mol. The Morgan fingerprint density at radius 3 is 2.73 bits per heavy atom. The first kappa shape index (κ1) is 16.1. The highest BCUT2D eigenvalue weighted by Crippen LogP contribution is 2.19. The number of hydrogen-bond acceptors (Lipinski definition) is 4. The van der Waals surface area contributed by atoms with E-state index in [0.29, 0.717) is 13.1 Å². The van der Waals surface area contributed by atoms with E-state index in [0.717, 1.165) is 16.9 Å². The number of aliphatic hydroxyl groups is 1. The first-order valence-corrected chi connectivity index (χ1v) is 7.09. The van der Waals surface area contributed by atoms with E-state index in [1.165, 1.54) is 0 Å². The van der Waals surface area contributed by atoms with Gasteiger partial charge in [-0.3, -0.25) is 4.68 Å². The molecule has 1 unspecified atom stereocenters. The smallest absolute Gasteiger partial charge is 0.148 e. The van der Waals surface area contributed by atoms with Crippen LogP contribution in [0, 0.1) is 12.3 Å². The van der Waals surface area contributed by atoms with Gasteiger partial charge in [-0.2, -0.15) is 5.10 Å². The Labute approximate surface area is 130 Å². The lowest BCUT2D eigenvalue weighted by molar-refractivity contribution is 0.0566. The van der Waals surface area contributed by atoms with Crippen molar-refractivity contribution in [2.45, 2.75) is 19.1 Å². The molecule has 116 valence electrons. The summed E-state index contributed by atoms with van der Waals surface area (Å²) in [7, 11) is 1.83. The highest BCUT2D eigenvalue weighted by molar-refractivity contribution is 5.27. The Bertz CT molecular complexity index is 639. The summed E-state index contributed by atoms with van der Waals surface area (Å²) in [5.41, 5.74) is 0.944. The first-order valence-electron chi connectivity index (χ1n) is 7.09. The molecule has 1 aromatic carbocycles. The molecule has 0 aliphatic rings. The molecule has 0 aliphatic carbocycles. The van der Waals surface area contributed by atoms with Crippen molar-refractivity contribution in [3.8, 4) is 18.1 Å². The molecule has 0 bridgehead atoms. The molecule has 22 heavy (non-hydrogen) atoms. The van der Waals surface area contributed by atoms with Gasteiger partial charge in [-0.05, 0) is 24.6 Å². The van der Waals surface area contributed by atoms with E-state index in [-0.39, 0.29) is 6.61 Å². The van der Waals surface area contributed by atoms with Gasteiger partial charge in [0.15, 0.2) is 0 Å². The molecule has 0 aliphatic heterocycles. The normalized spacial score (nSPS) is 13.4. The second kappa shape index (κ2) is 7.12. The van der Waals surface area contributed by atoms with Crippen molar-refractivity contribution in [2.24, 2.45) is 7.05 Å². The largest absolute Gasteiger partial charge is 0.481 e. The van der Waals surface area contributed by atoms with Gasteiger partial charge >= 0.3 is 0 Å². The van der Waals surface area contributed by atoms with Crippen molar-refractivity contribution in [1.29, 1.82) is 0 Å². The molecule has 2 aromatic rings. The van der Waals surface area contributed by atoms with Crippen LogP contribution < -0.4 is 10.1 Å². The summed E-state index contributed by atoms with van der Waals surface area (Å²) in [6.07, 6.45) is 8.65. The van der Waals surface area contributed by atoms with Crippen LogP contribution >= 0.6 is 0 Å². The molecule has 0 radical (unpaired) electrons. The molecule has 5 nitrogen and oxygen atoms in total. The fourth-order valence-electron chi connectivity index (χ4n) is 2.08. The molecule has 1 atom stereocenters. The number of aromatic nitrogens is 2. The predicted octanol–water partition coefficient (Wildman–Crippen LogP) is 1.43. The number of terminal acetylenes is 1. The molecular weight excluding hydrogens is 278 g/mol. The van der Waals surface area contributed by atoms with Crippen LogP contribution in [0.4, 0.5) is 0 Å². The monoisotopic (exact) mass is 299 g/mol. The van der Waals surface area contributed by atoms with E-state index in [4.69, 9.17) is 11.2 Å². The van der Waals surface area contributed by atoms with Crippen molar-refractivity contribution < 1.29 is 9.84 Å². The van der Waals surface area contributed by atoms with E-state index in [1.807, 2.05) is 37.5 Å². The Hall–Kier alpha value is -2.29. The van der Waals surface area contributed by atoms with Crippen molar-refractivity contribution in [3.63, 3.8) is 0 Å². The van der Waals surface area contributed by atoms with Crippen molar-refractivity contribution in [1.82, 2.24) is 15.1 Å². The average Bonchev–Trinajstić information content (AvgIpc) is 2.94. The molecule has 1 aromatic heterocycles. The minimum Gasteiger partial charge on any atom is -0.481 e. The number of aryl methyl sites for hydroxylation is 1. The minimum atomic E-state index is -0.954. The molecule has 0 saturated heterocycles. The van der Waals surface area contributed by atoms with Crippen LogP contribution in [0.3, 0.4) is 0 Å². The van der Waals surface area contributed by atoms with Gasteiger partial charge < -0.3 is 15.2 Å². The second-order valence-electron chi connectivity index (χ2n) is 5.42. The summed E-state index contributed by atoms with van der Waals surface area (Å²) in [6, 6.07) is 7.70. The molecule has 0 fully saturated rings. The van der Waals surface area contributed by atoms with Gasteiger partial charge in [0.2, 0.25) is 0 Å². The SMILES string of the molecule is C#CCOc1ccc(CNCC(C)(O)c2cnn(C)c2)cc1. The third-order valence-corrected chi connectivity index (χ3v) is 3.37. The number of benzene rings is 1. The number of hydrogen-bond donors (Lipinski definition) is 2. The molecule has 0 saturated carbocycles. The molecule has 2 N–H and O–H groups in total. The Kier molecular flexibility index (Phi) is 5.21. The zero-order valence-corrected chi connectivity index (χ0v) is 12.9. The summed E-state index contributed by atoms with van der Waals surface area (Å²) in [4.78, 5) is 0. The summed E-state index contributed by atoms with van der Waals surface area (Å²) >= 11 is 0. The lowest BCUT2D eigenvalue weighted by Crippen LogP contribution is -2.34. The van der Waals surface area contributed by atoms with Gasteiger partial charge in [0.05, 0.1) is 6.20 Å². The number of nitrogens with one attached hydrogen (secondary N) is 1. The lowest BCUT2D eigenvalue weighted by atomic mass is 9.99. The summed E-state index contributed by atoms with van der Waals surface area (Å²) in [5, 5.41) is 17.8. The van der Waals surface area contributed by atoms with Crippen molar-refractivity contribution in [3.05, 3.63) is 47.8 Å². The van der Waals surface area contributed by atoms with E-state index in [9.17, 15) is 5.11 Å². The van der Waals surface area contributed by atoms with Gasteiger partial charge in [0.1, 0.15) is 18.0 Å². The van der Waals surface area contributed by atoms with E-state index >= 15 is 0 Å². The zero-order chi connectivity index (χ0) is 16.0. The second-order valence-corrected chi connectivity index (χ2v) is 5.42. The van der Waals surface area contributed by atoms with Crippen LogP contribution in [-0.4, -0.2) is 28.0 Å². The van der Waals surface area contributed by atoms with Gasteiger partial charge in [0.25, 0.3) is 0 Å². The molecule has 1 heterocycles. The quantitative estimate of drug-likeness (QED) is 0.759. The standard InChI is InChI=1S/C17H21N3O2/c1-4-9-22-16-7-5-14(6-8-16)10-18-13-17(2,21)15-11-19-20(3)12-15/h1,5-8,11-12,18,21H,9-10,13H2,2-3H3. The molecule has 0 spiro atoms. The lowest BCUT2D eigenvalue weighted by Gasteiger charge is -2.22. The third kappa shape index (κ3) is 4.35. The predicted molar refractivity (Wildman–Crippen MR) is 85.3 cm³/mol. The highest BCUT2D eigenvalue weighted by atomic mass is 16.5. The number of rotatable bonds is 7. The van der Waals surface area contributed by atoms with Crippen LogP contribution in [0.15, 0.2) is 36.7 Å². The Morgan fingerprint density at radius 2 is 2.14 bits per heavy atom. The van der Waals surface area contributed by atoms with Crippen molar-refractivity contribution in [2.75, 3.05) is 13.2 Å². The fraction of sp³-hybridized carbons (Fsp3) is 0.353. The summed E-state index contributed by atoms with van der Waals surface area (Å²) in [5.74, 6) is 3.18. The van der Waals surface area contributed by atoms with Crippen LogP contribution in [0.25, 0.3) is 0 Å². The summed E-state index contributed by atoms with van der Waals surface area (Å²) < 4.78 is 7.00. The third-order valence-electron chi connectivity index (χ3n) is 3.37. The molecular formula is C17H21N3O2. The molecule has 5 heteroatoms. The van der Waals surface area contributed by atoms with Crippen LogP contribution in [0.1, 0.15) is 18.1 Å². The zero-order valence-electron chi connectivity index (χ0n) is 12.9. The van der Waals surface area contributed by atoms with Crippen LogP contribution in [0.5, 0.6) is 5.75 Å². The van der Waals surface area contributed by atoms with Gasteiger partial charge in [-0.25, -0.2) is 0 Å². The van der Waals surface area contributed by atoms with Gasteiger partial charge in [-0.1, -0.05) is 18.1 Å².